The Hall–Kier alpha value is -3.04. The van der Waals surface area contributed by atoms with Gasteiger partial charge in [-0.2, -0.15) is 0 Å². The SMILES string of the molecule is Cc1ccc(-c2nnc(NC(=O)c3ccc(S(=O)(=O)N(C)C)cc3)o2)cc1C. The molecular formula is C19H20N4O4S. The minimum absolute atomic E-state index is 0.0387. The number of amides is 1. The molecule has 1 aromatic heterocycles. The van der Waals surface area contributed by atoms with Crippen molar-refractivity contribution in [3.63, 3.8) is 0 Å². The second-order valence-corrected chi connectivity index (χ2v) is 8.63. The number of rotatable bonds is 5. The number of hydrogen-bond donors (Lipinski definition) is 1. The largest absolute Gasteiger partial charge is 0.403 e. The molecule has 1 amide bonds. The molecule has 3 rings (SSSR count). The molecule has 0 aliphatic heterocycles. The summed E-state index contributed by atoms with van der Waals surface area (Å²) in [5.74, 6) is -0.185. The van der Waals surface area contributed by atoms with Crippen LogP contribution in [0.2, 0.25) is 0 Å². The van der Waals surface area contributed by atoms with Gasteiger partial charge in [0, 0.05) is 25.2 Å². The summed E-state index contributed by atoms with van der Waals surface area (Å²) < 4.78 is 30.8. The highest BCUT2D eigenvalue weighted by Gasteiger charge is 2.18. The Morgan fingerprint density at radius 3 is 2.29 bits per heavy atom. The summed E-state index contributed by atoms with van der Waals surface area (Å²) in [6.07, 6.45) is 0. The maximum absolute atomic E-state index is 12.4. The van der Waals surface area contributed by atoms with Gasteiger partial charge in [0.05, 0.1) is 4.90 Å². The molecule has 1 N–H and O–H groups in total. The molecule has 0 saturated heterocycles. The Kier molecular flexibility index (Phi) is 5.30. The van der Waals surface area contributed by atoms with Crippen LogP contribution >= 0.6 is 0 Å². The summed E-state index contributed by atoms with van der Waals surface area (Å²) >= 11 is 0. The third-order valence-corrected chi connectivity index (χ3v) is 6.12. The summed E-state index contributed by atoms with van der Waals surface area (Å²) in [5, 5.41) is 10.3. The summed E-state index contributed by atoms with van der Waals surface area (Å²) in [7, 11) is -0.665. The standard InChI is InChI=1S/C19H20N4O4S/c1-12-5-6-15(11-13(12)2)18-21-22-19(27-18)20-17(24)14-7-9-16(10-8-14)28(25,26)23(3)4/h5-11H,1-4H3,(H,20,22,24). The van der Waals surface area contributed by atoms with Gasteiger partial charge in [-0.1, -0.05) is 11.2 Å². The minimum Gasteiger partial charge on any atom is -0.403 e. The molecule has 0 bridgehead atoms. The first-order valence-corrected chi connectivity index (χ1v) is 9.87. The molecule has 0 saturated carbocycles. The van der Waals surface area contributed by atoms with Crippen LogP contribution in [0.5, 0.6) is 0 Å². The zero-order valence-corrected chi connectivity index (χ0v) is 16.7. The van der Waals surface area contributed by atoms with Crippen molar-refractivity contribution in [1.82, 2.24) is 14.5 Å². The van der Waals surface area contributed by atoms with E-state index in [0.29, 0.717) is 5.89 Å². The van der Waals surface area contributed by atoms with Gasteiger partial charge in [0.2, 0.25) is 15.9 Å². The fourth-order valence-electron chi connectivity index (χ4n) is 2.42. The molecule has 1 heterocycles. The van der Waals surface area contributed by atoms with E-state index in [1.807, 2.05) is 32.0 Å². The number of hydrogen-bond acceptors (Lipinski definition) is 6. The van der Waals surface area contributed by atoms with Crippen LogP contribution in [0.3, 0.4) is 0 Å². The van der Waals surface area contributed by atoms with Crippen molar-refractivity contribution >= 4 is 21.9 Å². The van der Waals surface area contributed by atoms with E-state index in [1.54, 1.807) is 0 Å². The molecule has 0 unspecified atom stereocenters. The zero-order valence-electron chi connectivity index (χ0n) is 15.9. The van der Waals surface area contributed by atoms with Crippen molar-refractivity contribution in [2.45, 2.75) is 18.7 Å². The summed E-state index contributed by atoms with van der Waals surface area (Å²) in [6.45, 7) is 3.99. The van der Waals surface area contributed by atoms with Gasteiger partial charge >= 0.3 is 6.01 Å². The van der Waals surface area contributed by atoms with Crippen molar-refractivity contribution in [3.8, 4) is 11.5 Å². The molecule has 3 aromatic rings. The van der Waals surface area contributed by atoms with Gasteiger partial charge in [-0.3, -0.25) is 10.1 Å². The van der Waals surface area contributed by atoms with Crippen LogP contribution in [0.25, 0.3) is 11.5 Å². The first-order valence-electron chi connectivity index (χ1n) is 8.43. The second kappa shape index (κ2) is 7.53. The fraction of sp³-hybridized carbons (Fsp3) is 0.211. The van der Waals surface area contributed by atoms with Gasteiger partial charge in [0.15, 0.2) is 0 Å². The predicted octanol–water partition coefficient (Wildman–Crippen LogP) is 2.86. The average molecular weight is 400 g/mol. The number of nitrogens with zero attached hydrogens (tertiary/aromatic N) is 3. The van der Waals surface area contributed by atoms with E-state index >= 15 is 0 Å². The number of anilines is 1. The van der Waals surface area contributed by atoms with E-state index < -0.39 is 15.9 Å². The Morgan fingerprint density at radius 2 is 1.68 bits per heavy atom. The monoisotopic (exact) mass is 400 g/mol. The van der Waals surface area contributed by atoms with Crippen LogP contribution in [0.1, 0.15) is 21.5 Å². The lowest BCUT2D eigenvalue weighted by molar-refractivity contribution is 0.102. The number of carbonyl (C=O) groups is 1. The normalized spacial score (nSPS) is 11.6. The van der Waals surface area contributed by atoms with Crippen LogP contribution in [0.4, 0.5) is 6.01 Å². The lowest BCUT2D eigenvalue weighted by Gasteiger charge is -2.11. The molecular weight excluding hydrogens is 380 g/mol. The first-order chi connectivity index (χ1) is 13.2. The summed E-state index contributed by atoms with van der Waals surface area (Å²) in [5.41, 5.74) is 3.27. The minimum atomic E-state index is -3.55. The van der Waals surface area contributed by atoms with Crippen molar-refractivity contribution in [3.05, 3.63) is 59.2 Å². The predicted molar refractivity (Wildman–Crippen MR) is 104 cm³/mol. The number of benzene rings is 2. The van der Waals surface area contributed by atoms with E-state index in [-0.39, 0.29) is 16.5 Å². The summed E-state index contributed by atoms with van der Waals surface area (Å²) in [6, 6.07) is 11.3. The Labute approximate surface area is 163 Å². The lowest BCUT2D eigenvalue weighted by atomic mass is 10.1. The maximum Gasteiger partial charge on any atom is 0.322 e. The second-order valence-electron chi connectivity index (χ2n) is 6.48. The smallest absolute Gasteiger partial charge is 0.322 e. The van der Waals surface area contributed by atoms with Gasteiger partial charge < -0.3 is 4.42 Å². The molecule has 0 radical (unpaired) electrons. The Balaban J connectivity index is 1.75. The maximum atomic E-state index is 12.4. The van der Waals surface area contributed by atoms with E-state index in [2.05, 4.69) is 15.5 Å². The molecule has 2 aromatic carbocycles. The van der Waals surface area contributed by atoms with E-state index in [9.17, 15) is 13.2 Å². The average Bonchev–Trinajstić information content (AvgIpc) is 3.12. The van der Waals surface area contributed by atoms with Gasteiger partial charge in [-0.25, -0.2) is 12.7 Å². The molecule has 28 heavy (non-hydrogen) atoms. The van der Waals surface area contributed by atoms with Gasteiger partial charge in [0.1, 0.15) is 0 Å². The van der Waals surface area contributed by atoms with Gasteiger partial charge in [-0.05, 0) is 61.4 Å². The van der Waals surface area contributed by atoms with Crippen molar-refractivity contribution in [1.29, 1.82) is 0 Å². The van der Waals surface area contributed by atoms with Crippen LogP contribution in [-0.4, -0.2) is 42.9 Å². The molecule has 0 fully saturated rings. The van der Waals surface area contributed by atoms with Crippen molar-refractivity contribution in [2.75, 3.05) is 19.4 Å². The third kappa shape index (κ3) is 3.95. The Bertz CT molecular complexity index is 1120. The van der Waals surface area contributed by atoms with Crippen LogP contribution < -0.4 is 5.32 Å². The highest BCUT2D eigenvalue weighted by molar-refractivity contribution is 7.89. The highest BCUT2D eigenvalue weighted by atomic mass is 32.2. The highest BCUT2D eigenvalue weighted by Crippen LogP contribution is 2.23. The summed E-state index contributed by atoms with van der Waals surface area (Å²) in [4.78, 5) is 12.5. The van der Waals surface area contributed by atoms with Gasteiger partial charge in [-0.15, -0.1) is 5.10 Å². The van der Waals surface area contributed by atoms with E-state index in [0.717, 1.165) is 21.0 Å². The number of sulfonamides is 1. The number of nitrogens with one attached hydrogen (secondary N) is 1. The Morgan fingerprint density at radius 1 is 1.00 bits per heavy atom. The first kappa shape index (κ1) is 19.7. The van der Waals surface area contributed by atoms with Crippen LogP contribution in [0, 0.1) is 13.8 Å². The van der Waals surface area contributed by atoms with Crippen molar-refractivity contribution < 1.29 is 17.6 Å². The quantitative estimate of drug-likeness (QED) is 0.706. The molecule has 9 heteroatoms. The van der Waals surface area contributed by atoms with Crippen molar-refractivity contribution in [2.24, 2.45) is 0 Å². The molecule has 8 nitrogen and oxygen atoms in total. The van der Waals surface area contributed by atoms with Crippen LogP contribution in [0.15, 0.2) is 51.8 Å². The molecule has 0 spiro atoms. The lowest BCUT2D eigenvalue weighted by Crippen LogP contribution is -2.22. The molecule has 0 aliphatic rings. The fourth-order valence-corrected chi connectivity index (χ4v) is 3.32. The van der Waals surface area contributed by atoms with E-state index in [1.165, 1.54) is 38.4 Å². The van der Waals surface area contributed by atoms with Gasteiger partial charge in [0.25, 0.3) is 5.91 Å². The number of aromatic nitrogens is 2. The number of aryl methyl sites for hydroxylation is 2. The molecule has 146 valence electrons. The topological polar surface area (TPSA) is 105 Å². The molecule has 0 aliphatic carbocycles. The zero-order chi connectivity index (χ0) is 20.5. The van der Waals surface area contributed by atoms with E-state index in [4.69, 9.17) is 4.42 Å². The molecule has 0 atom stereocenters. The third-order valence-electron chi connectivity index (χ3n) is 4.29. The number of carbonyl (C=O) groups excluding carboxylic acids is 1. The van der Waals surface area contributed by atoms with Crippen LogP contribution in [-0.2, 0) is 10.0 Å².